The Hall–Kier alpha value is -4.85. The third-order valence-electron chi connectivity index (χ3n) is 7.60. The van der Waals surface area contributed by atoms with Crippen LogP contribution >= 0.6 is 0 Å². The van der Waals surface area contributed by atoms with Gasteiger partial charge < -0.3 is 59.1 Å². The third kappa shape index (κ3) is 18.9. The molecule has 0 aliphatic carbocycles. The lowest BCUT2D eigenvalue weighted by Crippen LogP contribution is -2.56. The minimum atomic E-state index is -1.22. The molecule has 0 saturated heterocycles. The Kier molecular flexibility index (Phi) is 22.1. The minimum Gasteiger partial charge on any atom is -0.480 e. The van der Waals surface area contributed by atoms with Crippen LogP contribution in [0, 0.1) is 17.8 Å². The normalized spacial score (nSPS) is 13.8. The van der Waals surface area contributed by atoms with Crippen LogP contribution in [-0.4, -0.2) is 121 Å². The number of hydrogen-bond donors (Lipinski definition) is 11. The molecule has 20 heteroatoms. The maximum atomic E-state index is 12.7. The number of nitrogens with one attached hydrogen (secondary N) is 8. The van der Waals surface area contributed by atoms with Gasteiger partial charge in [-0.1, -0.05) is 41.5 Å². The molecule has 0 spiro atoms. The Labute approximate surface area is 303 Å². The Morgan fingerprint density at radius 2 is 0.962 bits per heavy atom. The Morgan fingerprint density at radius 3 is 1.44 bits per heavy atom. The lowest BCUT2D eigenvalue weighted by atomic mass is 10.0. The lowest BCUT2D eigenvalue weighted by Gasteiger charge is -2.24. The number of carboxylic acid groups (broad SMARTS) is 1. The fourth-order valence-corrected chi connectivity index (χ4v) is 4.32. The minimum absolute atomic E-state index is 0.155. The van der Waals surface area contributed by atoms with Crippen LogP contribution in [0.1, 0.15) is 67.7 Å². The fraction of sp³-hybridized carbons (Fsp3) is 0.719. The molecule has 0 fully saturated rings. The number of amides is 8. The molecule has 0 aromatic heterocycles. The molecule has 20 nitrogen and oxygen atoms in total. The second-order valence-electron chi connectivity index (χ2n) is 13.3. The number of rotatable bonds is 24. The van der Waals surface area contributed by atoms with E-state index in [1.165, 1.54) is 6.92 Å². The monoisotopic (exact) mass is 742 g/mol. The van der Waals surface area contributed by atoms with Crippen LogP contribution in [0.4, 0.5) is 0 Å². The molecule has 0 saturated carbocycles. The van der Waals surface area contributed by atoms with E-state index >= 15 is 0 Å². The maximum absolute atomic E-state index is 12.7. The summed E-state index contributed by atoms with van der Waals surface area (Å²) in [6.45, 7) is 9.81. The molecule has 0 rings (SSSR count). The molecule has 0 aromatic carbocycles. The summed E-state index contributed by atoms with van der Waals surface area (Å²) in [4.78, 5) is 111. The first kappa shape index (κ1) is 47.1. The van der Waals surface area contributed by atoms with E-state index in [1.54, 1.807) is 41.5 Å². The number of unbranched alkanes of at least 4 members (excludes halogenated alkanes) is 1. The average Bonchev–Trinajstić information content (AvgIpc) is 3.07. The smallest absolute Gasteiger partial charge is 0.326 e. The van der Waals surface area contributed by atoms with Gasteiger partial charge in [0, 0.05) is 0 Å². The molecule has 0 aliphatic heterocycles. The number of nitrogens with two attached hydrogens (primary N) is 2. The van der Waals surface area contributed by atoms with Crippen molar-refractivity contribution in [2.24, 2.45) is 29.2 Å². The van der Waals surface area contributed by atoms with Gasteiger partial charge in [0.25, 0.3) is 0 Å². The SMILES string of the molecule is CC(C)[C@H](N)C(=O)N[C@H](C(=O)NCC(=O)N[C@@H](C)C(=O)NCC(=O)NCC(=O)N[C@H](C(=O)NCC(=O)N[C@@H](CCCCN)C(=O)O)C(C)C)C(C)C. The van der Waals surface area contributed by atoms with Crippen LogP contribution in [0.25, 0.3) is 0 Å². The van der Waals surface area contributed by atoms with Gasteiger partial charge in [0.1, 0.15) is 24.2 Å². The molecular weight excluding hydrogens is 684 g/mol. The highest BCUT2D eigenvalue weighted by atomic mass is 16.4. The first-order valence-electron chi connectivity index (χ1n) is 17.2. The molecule has 0 unspecified atom stereocenters. The van der Waals surface area contributed by atoms with Gasteiger partial charge in [-0.05, 0) is 50.5 Å². The van der Waals surface area contributed by atoms with Crippen molar-refractivity contribution in [1.82, 2.24) is 42.5 Å². The van der Waals surface area contributed by atoms with Crippen molar-refractivity contribution in [3.63, 3.8) is 0 Å². The first-order valence-corrected chi connectivity index (χ1v) is 17.2. The van der Waals surface area contributed by atoms with Crippen molar-refractivity contribution < 1.29 is 48.3 Å². The number of carboxylic acids is 1. The lowest BCUT2D eigenvalue weighted by molar-refractivity contribution is -0.142. The summed E-state index contributed by atoms with van der Waals surface area (Å²) in [6, 6.07) is -5.12. The number of carbonyl (C=O) groups excluding carboxylic acids is 8. The van der Waals surface area contributed by atoms with Gasteiger partial charge >= 0.3 is 5.97 Å². The molecule has 0 radical (unpaired) electrons. The molecule has 0 bridgehead atoms. The van der Waals surface area contributed by atoms with Crippen LogP contribution in [0.15, 0.2) is 0 Å². The van der Waals surface area contributed by atoms with Gasteiger partial charge in [0.2, 0.25) is 47.3 Å². The molecule has 5 atom stereocenters. The molecule has 0 aromatic rings. The molecule has 296 valence electrons. The summed E-state index contributed by atoms with van der Waals surface area (Å²) in [5.74, 6) is -7.63. The van der Waals surface area contributed by atoms with E-state index in [0.717, 1.165) is 0 Å². The summed E-state index contributed by atoms with van der Waals surface area (Å²) in [6.07, 6.45) is 1.24. The number of carbonyl (C=O) groups is 9. The van der Waals surface area contributed by atoms with Gasteiger partial charge in [0.05, 0.1) is 32.2 Å². The molecule has 13 N–H and O–H groups in total. The molecule has 0 heterocycles. The summed E-state index contributed by atoms with van der Waals surface area (Å²) in [5, 5.41) is 28.4. The molecular formula is C32H58N10O10. The highest BCUT2D eigenvalue weighted by Crippen LogP contribution is 2.05. The summed E-state index contributed by atoms with van der Waals surface area (Å²) in [7, 11) is 0. The predicted octanol–water partition coefficient (Wildman–Crippen LogP) is -4.08. The van der Waals surface area contributed by atoms with Crippen molar-refractivity contribution in [3.8, 4) is 0 Å². The standard InChI is InChI=1S/C32H58N10O10/c1-16(2)25(34)29(48)42-27(18(5)6)31(50)37-14-22(44)39-19(7)28(47)36-12-21(43)35-13-24(46)41-26(17(3)4)30(49)38-15-23(45)40-20(32(51)52)10-8-9-11-33/h16-20,25-27H,8-15,33-34H2,1-7H3,(H,35,43)(H,36,47)(H,37,50)(H,38,49)(H,39,44)(H,40,45)(H,41,46)(H,42,48)(H,51,52)/t19-,20-,25-,26-,27-/m0/s1. The number of hydrogen-bond acceptors (Lipinski definition) is 11. The topological polar surface area (TPSA) is 322 Å². The largest absolute Gasteiger partial charge is 0.480 e. The third-order valence-corrected chi connectivity index (χ3v) is 7.60. The van der Waals surface area contributed by atoms with Gasteiger partial charge in [0.15, 0.2) is 0 Å². The second kappa shape index (κ2) is 24.4. The summed E-state index contributed by atoms with van der Waals surface area (Å²) < 4.78 is 0. The Balaban J connectivity index is 4.73. The van der Waals surface area contributed by atoms with Gasteiger partial charge in [-0.2, -0.15) is 0 Å². The summed E-state index contributed by atoms with van der Waals surface area (Å²) >= 11 is 0. The zero-order valence-corrected chi connectivity index (χ0v) is 31.1. The fourth-order valence-electron chi connectivity index (χ4n) is 4.32. The van der Waals surface area contributed by atoms with Crippen LogP contribution < -0.4 is 54.0 Å². The van der Waals surface area contributed by atoms with Gasteiger partial charge in [-0.3, -0.25) is 38.4 Å². The van der Waals surface area contributed by atoms with Crippen molar-refractivity contribution in [1.29, 1.82) is 0 Å². The van der Waals surface area contributed by atoms with E-state index in [9.17, 15) is 48.3 Å². The summed E-state index contributed by atoms with van der Waals surface area (Å²) in [5.41, 5.74) is 11.2. The van der Waals surface area contributed by atoms with Crippen molar-refractivity contribution >= 4 is 53.2 Å². The van der Waals surface area contributed by atoms with E-state index in [2.05, 4.69) is 42.5 Å². The van der Waals surface area contributed by atoms with Gasteiger partial charge in [-0.25, -0.2) is 4.79 Å². The highest BCUT2D eigenvalue weighted by Gasteiger charge is 2.29. The van der Waals surface area contributed by atoms with Crippen molar-refractivity contribution in [2.75, 3.05) is 32.7 Å². The number of aliphatic carboxylic acids is 1. The van der Waals surface area contributed by atoms with E-state index < -0.39 is 116 Å². The van der Waals surface area contributed by atoms with E-state index in [-0.39, 0.29) is 18.3 Å². The van der Waals surface area contributed by atoms with Crippen LogP contribution in [0.5, 0.6) is 0 Å². The zero-order valence-electron chi connectivity index (χ0n) is 31.1. The zero-order chi connectivity index (χ0) is 40.1. The van der Waals surface area contributed by atoms with Crippen molar-refractivity contribution in [2.45, 2.75) is 97.9 Å². The molecule has 8 amide bonds. The van der Waals surface area contributed by atoms with Crippen molar-refractivity contribution in [3.05, 3.63) is 0 Å². The second-order valence-corrected chi connectivity index (χ2v) is 13.3. The van der Waals surface area contributed by atoms with E-state index in [0.29, 0.717) is 19.4 Å². The van der Waals surface area contributed by atoms with Gasteiger partial charge in [-0.15, -0.1) is 0 Å². The molecule has 0 aliphatic rings. The quantitative estimate of drug-likeness (QED) is 0.0421. The van der Waals surface area contributed by atoms with Crippen LogP contribution in [0.2, 0.25) is 0 Å². The van der Waals surface area contributed by atoms with Crippen LogP contribution in [0.3, 0.4) is 0 Å². The first-order chi connectivity index (χ1) is 24.2. The maximum Gasteiger partial charge on any atom is 0.326 e. The molecule has 52 heavy (non-hydrogen) atoms. The van der Waals surface area contributed by atoms with Crippen LogP contribution in [-0.2, 0) is 43.2 Å². The Morgan fingerprint density at radius 1 is 0.519 bits per heavy atom. The average molecular weight is 743 g/mol. The van der Waals surface area contributed by atoms with E-state index in [4.69, 9.17) is 11.5 Å². The van der Waals surface area contributed by atoms with E-state index in [1.807, 2.05) is 0 Å². The highest BCUT2D eigenvalue weighted by molar-refractivity contribution is 5.95. The Bertz CT molecular complexity index is 1260. The predicted molar refractivity (Wildman–Crippen MR) is 188 cm³/mol.